The number of benzene rings is 3. The second kappa shape index (κ2) is 10.3. The summed E-state index contributed by atoms with van der Waals surface area (Å²) in [6, 6.07) is 26.1. The second-order valence-corrected chi connectivity index (χ2v) is 8.29. The van der Waals surface area contributed by atoms with Gasteiger partial charge >= 0.3 is 0 Å². The van der Waals surface area contributed by atoms with E-state index >= 15 is 0 Å². The molecule has 1 aliphatic rings. The number of ether oxygens (including phenoxy) is 1. The molecule has 3 aromatic carbocycles. The molecular weight excluding hydrogens is 384 g/mol. The molecule has 160 valence electrons. The fraction of sp³-hybridized carbons (Fsp3) is 0.296. The van der Waals surface area contributed by atoms with Gasteiger partial charge in [-0.15, -0.1) is 0 Å². The van der Waals surface area contributed by atoms with E-state index < -0.39 is 0 Å². The number of rotatable bonds is 7. The molecule has 0 bridgehead atoms. The minimum atomic E-state index is -0.0987. The van der Waals surface area contributed by atoms with Crippen molar-refractivity contribution >= 4 is 11.6 Å². The van der Waals surface area contributed by atoms with Crippen molar-refractivity contribution < 1.29 is 9.53 Å². The Labute approximate surface area is 184 Å². The van der Waals surface area contributed by atoms with Crippen molar-refractivity contribution in [1.82, 2.24) is 4.90 Å². The van der Waals surface area contributed by atoms with Gasteiger partial charge in [0.1, 0.15) is 5.75 Å². The Morgan fingerprint density at radius 3 is 2.23 bits per heavy atom. The third-order valence-electron chi connectivity index (χ3n) is 6.04. The number of anilines is 1. The highest BCUT2D eigenvalue weighted by atomic mass is 16.5. The zero-order chi connectivity index (χ0) is 21.5. The van der Waals surface area contributed by atoms with Gasteiger partial charge in [0, 0.05) is 17.8 Å². The third kappa shape index (κ3) is 5.96. The van der Waals surface area contributed by atoms with Gasteiger partial charge in [0.2, 0.25) is 0 Å². The van der Waals surface area contributed by atoms with Crippen LogP contribution in [0.1, 0.15) is 34.3 Å². The number of likely N-dealkylation sites (tertiary alicyclic amines) is 1. The highest BCUT2D eigenvalue weighted by Crippen LogP contribution is 2.23. The Morgan fingerprint density at radius 1 is 0.903 bits per heavy atom. The van der Waals surface area contributed by atoms with E-state index in [0.717, 1.165) is 37.0 Å². The largest absolute Gasteiger partial charge is 0.497 e. The van der Waals surface area contributed by atoms with E-state index in [1.807, 2.05) is 36.4 Å². The van der Waals surface area contributed by atoms with Crippen LogP contribution in [0.4, 0.5) is 5.69 Å². The average Bonchev–Trinajstić information content (AvgIpc) is 2.82. The van der Waals surface area contributed by atoms with Gasteiger partial charge in [-0.05, 0) is 85.8 Å². The summed E-state index contributed by atoms with van der Waals surface area (Å²) in [5.74, 6) is 1.45. The number of carbonyl (C=O) groups excluding carboxylic acids is 1. The molecule has 31 heavy (non-hydrogen) atoms. The Kier molecular flexibility index (Phi) is 7.00. The smallest absolute Gasteiger partial charge is 0.255 e. The van der Waals surface area contributed by atoms with Gasteiger partial charge in [0.05, 0.1) is 7.11 Å². The maximum atomic E-state index is 12.5. The molecule has 4 nitrogen and oxygen atoms in total. The van der Waals surface area contributed by atoms with Gasteiger partial charge in [-0.1, -0.05) is 42.5 Å². The van der Waals surface area contributed by atoms with E-state index in [-0.39, 0.29) is 5.91 Å². The number of carbonyl (C=O) groups is 1. The zero-order valence-electron chi connectivity index (χ0n) is 18.1. The van der Waals surface area contributed by atoms with Crippen molar-refractivity contribution in [1.29, 1.82) is 0 Å². The van der Waals surface area contributed by atoms with Gasteiger partial charge < -0.3 is 10.1 Å². The van der Waals surface area contributed by atoms with Crippen molar-refractivity contribution in [2.45, 2.75) is 25.8 Å². The lowest BCUT2D eigenvalue weighted by Crippen LogP contribution is -2.33. The summed E-state index contributed by atoms with van der Waals surface area (Å²) >= 11 is 0. The van der Waals surface area contributed by atoms with Crippen LogP contribution in [0.2, 0.25) is 0 Å². The summed E-state index contributed by atoms with van der Waals surface area (Å²) in [6.07, 6.45) is 3.68. The number of amides is 1. The lowest BCUT2D eigenvalue weighted by Gasteiger charge is -2.32. The van der Waals surface area contributed by atoms with E-state index in [0.29, 0.717) is 5.56 Å². The Balaban J connectivity index is 1.25. The third-order valence-corrected chi connectivity index (χ3v) is 6.04. The van der Waals surface area contributed by atoms with Crippen molar-refractivity contribution in [2.24, 2.45) is 5.92 Å². The van der Waals surface area contributed by atoms with E-state index in [9.17, 15) is 4.79 Å². The van der Waals surface area contributed by atoms with Crippen LogP contribution in [0, 0.1) is 5.92 Å². The first-order valence-electron chi connectivity index (χ1n) is 11.0. The van der Waals surface area contributed by atoms with Crippen LogP contribution in [0.5, 0.6) is 5.75 Å². The molecule has 1 N–H and O–H groups in total. The fourth-order valence-electron chi connectivity index (χ4n) is 4.19. The lowest BCUT2D eigenvalue weighted by molar-refractivity contribution is 0.102. The van der Waals surface area contributed by atoms with Gasteiger partial charge in [0.25, 0.3) is 5.91 Å². The molecular formula is C27H30N2O2. The standard InChI is InChI=1S/C27H30N2O2/c1-31-26-13-11-25(12-14-26)28-27(30)24-9-7-23(8-10-24)20-29-17-15-22(16-18-29)19-21-5-3-2-4-6-21/h2-14,22H,15-20H2,1H3,(H,28,30). The number of hydrogen-bond acceptors (Lipinski definition) is 3. The average molecular weight is 415 g/mol. The van der Waals surface area contributed by atoms with Gasteiger partial charge in [-0.3, -0.25) is 9.69 Å². The second-order valence-electron chi connectivity index (χ2n) is 8.29. The van der Waals surface area contributed by atoms with Crippen LogP contribution in [0.25, 0.3) is 0 Å². The van der Waals surface area contributed by atoms with Crippen LogP contribution >= 0.6 is 0 Å². The summed E-state index contributed by atoms with van der Waals surface area (Å²) in [6.45, 7) is 3.22. The first kappa shape index (κ1) is 21.1. The van der Waals surface area contributed by atoms with Crippen LogP contribution in [0.3, 0.4) is 0 Å². The Bertz CT molecular complexity index is 960. The molecule has 3 aromatic rings. The first-order chi connectivity index (χ1) is 15.2. The van der Waals surface area contributed by atoms with Crippen molar-refractivity contribution in [3.63, 3.8) is 0 Å². The quantitative estimate of drug-likeness (QED) is 0.563. The normalized spacial score (nSPS) is 14.9. The molecule has 1 aliphatic heterocycles. The molecule has 4 rings (SSSR count). The van der Waals surface area contributed by atoms with Crippen LogP contribution in [0.15, 0.2) is 78.9 Å². The van der Waals surface area contributed by atoms with Gasteiger partial charge in [-0.25, -0.2) is 0 Å². The Morgan fingerprint density at radius 2 is 1.58 bits per heavy atom. The number of piperidine rings is 1. The predicted octanol–water partition coefficient (Wildman–Crippen LogP) is 5.40. The highest BCUT2D eigenvalue weighted by molar-refractivity contribution is 6.04. The molecule has 1 fully saturated rings. The molecule has 4 heteroatoms. The molecule has 0 saturated carbocycles. The minimum absolute atomic E-state index is 0.0987. The summed E-state index contributed by atoms with van der Waals surface area (Å²) in [4.78, 5) is 15.0. The van der Waals surface area contributed by atoms with E-state index in [1.165, 1.54) is 30.4 Å². The summed E-state index contributed by atoms with van der Waals surface area (Å²) in [7, 11) is 1.63. The Hall–Kier alpha value is -3.11. The van der Waals surface area contributed by atoms with Crippen LogP contribution in [-0.2, 0) is 13.0 Å². The maximum Gasteiger partial charge on any atom is 0.255 e. The van der Waals surface area contributed by atoms with Gasteiger partial charge in [0.15, 0.2) is 0 Å². The summed E-state index contributed by atoms with van der Waals surface area (Å²) in [5.41, 5.74) is 4.13. The van der Waals surface area contributed by atoms with E-state index in [4.69, 9.17) is 4.74 Å². The summed E-state index contributed by atoms with van der Waals surface area (Å²) < 4.78 is 5.15. The topological polar surface area (TPSA) is 41.6 Å². The van der Waals surface area contributed by atoms with E-state index in [2.05, 4.69) is 52.7 Å². The molecule has 0 radical (unpaired) electrons. The predicted molar refractivity (Wildman–Crippen MR) is 126 cm³/mol. The lowest BCUT2D eigenvalue weighted by atomic mass is 9.90. The maximum absolute atomic E-state index is 12.5. The highest BCUT2D eigenvalue weighted by Gasteiger charge is 2.19. The van der Waals surface area contributed by atoms with Crippen molar-refractivity contribution in [2.75, 3.05) is 25.5 Å². The number of nitrogens with one attached hydrogen (secondary N) is 1. The number of hydrogen-bond donors (Lipinski definition) is 1. The van der Waals surface area contributed by atoms with Gasteiger partial charge in [-0.2, -0.15) is 0 Å². The zero-order valence-corrected chi connectivity index (χ0v) is 18.1. The molecule has 0 atom stereocenters. The molecule has 1 amide bonds. The molecule has 0 unspecified atom stereocenters. The number of nitrogens with zero attached hydrogens (tertiary/aromatic N) is 1. The van der Waals surface area contributed by atoms with Crippen LogP contribution in [-0.4, -0.2) is 31.0 Å². The molecule has 1 heterocycles. The van der Waals surface area contributed by atoms with E-state index in [1.54, 1.807) is 7.11 Å². The van der Waals surface area contributed by atoms with Crippen molar-refractivity contribution in [3.05, 3.63) is 95.6 Å². The fourth-order valence-corrected chi connectivity index (χ4v) is 4.19. The number of methoxy groups -OCH3 is 1. The molecule has 0 aliphatic carbocycles. The first-order valence-corrected chi connectivity index (χ1v) is 11.0. The van der Waals surface area contributed by atoms with Crippen LogP contribution < -0.4 is 10.1 Å². The minimum Gasteiger partial charge on any atom is -0.497 e. The monoisotopic (exact) mass is 414 g/mol. The summed E-state index contributed by atoms with van der Waals surface area (Å²) in [5, 5.41) is 2.93. The molecule has 1 saturated heterocycles. The molecule has 0 aromatic heterocycles. The van der Waals surface area contributed by atoms with Crippen molar-refractivity contribution in [3.8, 4) is 5.75 Å². The molecule has 0 spiro atoms. The SMILES string of the molecule is COc1ccc(NC(=O)c2ccc(CN3CCC(Cc4ccccc4)CC3)cc2)cc1.